The van der Waals surface area contributed by atoms with Gasteiger partial charge in [0.25, 0.3) is 0 Å². The van der Waals surface area contributed by atoms with E-state index in [4.69, 9.17) is 9.47 Å². The second-order valence-corrected chi connectivity index (χ2v) is 5.79. The molecule has 0 unspecified atom stereocenters. The van der Waals surface area contributed by atoms with Crippen molar-refractivity contribution in [1.82, 2.24) is 10.2 Å². The number of nitrogens with one attached hydrogen (secondary N) is 1. The first-order chi connectivity index (χ1) is 10.6. The molecule has 1 heterocycles. The number of carbonyl (C=O) groups is 1. The third-order valence-corrected chi connectivity index (χ3v) is 3.68. The van der Waals surface area contributed by atoms with E-state index in [1.807, 2.05) is 13.8 Å². The topological polar surface area (TPSA) is 63.2 Å². The second-order valence-electron chi connectivity index (χ2n) is 5.79. The summed E-state index contributed by atoms with van der Waals surface area (Å²) in [6.07, 6.45) is 2.85. The SMILES string of the molecule is CCNC(=NCCCOC(C)C)N1CCC(C(=O)OC)CC1.I. The zero-order valence-corrected chi connectivity index (χ0v) is 17.2. The van der Waals surface area contributed by atoms with Crippen LogP contribution in [0.15, 0.2) is 4.99 Å². The van der Waals surface area contributed by atoms with E-state index in [1.165, 1.54) is 7.11 Å². The highest BCUT2D eigenvalue weighted by molar-refractivity contribution is 14.0. The molecule has 0 bridgehead atoms. The molecule has 0 atom stereocenters. The van der Waals surface area contributed by atoms with Crippen molar-refractivity contribution in [3.05, 3.63) is 0 Å². The molecule has 0 aromatic carbocycles. The summed E-state index contributed by atoms with van der Waals surface area (Å²) in [5.41, 5.74) is 0. The first kappa shape index (κ1) is 22.4. The Labute approximate surface area is 157 Å². The van der Waals surface area contributed by atoms with Gasteiger partial charge in [0.2, 0.25) is 0 Å². The third kappa shape index (κ3) is 8.74. The van der Waals surface area contributed by atoms with Gasteiger partial charge in [-0.1, -0.05) is 0 Å². The lowest BCUT2D eigenvalue weighted by Gasteiger charge is -2.33. The van der Waals surface area contributed by atoms with Crippen LogP contribution in [0.2, 0.25) is 0 Å². The van der Waals surface area contributed by atoms with Crippen LogP contribution in [-0.2, 0) is 14.3 Å². The van der Waals surface area contributed by atoms with Crippen LogP contribution in [0.25, 0.3) is 0 Å². The Morgan fingerprint density at radius 1 is 1.35 bits per heavy atom. The predicted molar refractivity (Wildman–Crippen MR) is 103 cm³/mol. The molecule has 1 fully saturated rings. The number of aliphatic imine (C=N–C) groups is 1. The lowest BCUT2D eigenvalue weighted by atomic mass is 9.97. The van der Waals surface area contributed by atoms with Crippen molar-refractivity contribution in [1.29, 1.82) is 0 Å². The average Bonchev–Trinajstić information content (AvgIpc) is 2.52. The molecule has 23 heavy (non-hydrogen) atoms. The number of ether oxygens (including phenoxy) is 2. The highest BCUT2D eigenvalue weighted by Gasteiger charge is 2.26. The zero-order chi connectivity index (χ0) is 16.4. The Morgan fingerprint density at radius 2 is 2.00 bits per heavy atom. The monoisotopic (exact) mass is 441 g/mol. The summed E-state index contributed by atoms with van der Waals surface area (Å²) in [6.45, 7) is 10.2. The van der Waals surface area contributed by atoms with Crippen molar-refractivity contribution in [3.63, 3.8) is 0 Å². The summed E-state index contributed by atoms with van der Waals surface area (Å²) in [7, 11) is 1.46. The molecule has 0 aromatic heterocycles. The fourth-order valence-electron chi connectivity index (χ4n) is 2.49. The van der Waals surface area contributed by atoms with Gasteiger partial charge in [-0.25, -0.2) is 0 Å². The molecule has 0 saturated carbocycles. The molecule has 1 N–H and O–H groups in total. The van der Waals surface area contributed by atoms with Crippen molar-refractivity contribution >= 4 is 35.9 Å². The molecule has 1 aliphatic heterocycles. The number of piperidine rings is 1. The van der Waals surface area contributed by atoms with Gasteiger partial charge in [0.05, 0.1) is 19.1 Å². The normalized spacial score (nSPS) is 16.2. The number of hydrogen-bond donors (Lipinski definition) is 1. The van der Waals surface area contributed by atoms with Crippen molar-refractivity contribution in [2.45, 2.75) is 46.1 Å². The number of guanidine groups is 1. The fraction of sp³-hybridized carbons (Fsp3) is 0.875. The molecule has 0 amide bonds. The van der Waals surface area contributed by atoms with Crippen LogP contribution in [0.3, 0.4) is 0 Å². The second kappa shape index (κ2) is 12.8. The molecule has 1 saturated heterocycles. The van der Waals surface area contributed by atoms with E-state index in [-0.39, 0.29) is 42.0 Å². The number of rotatable bonds is 7. The van der Waals surface area contributed by atoms with E-state index >= 15 is 0 Å². The summed E-state index contributed by atoms with van der Waals surface area (Å²) in [6, 6.07) is 0. The number of hydrogen-bond acceptors (Lipinski definition) is 4. The maximum Gasteiger partial charge on any atom is 0.308 e. The van der Waals surface area contributed by atoms with Crippen LogP contribution in [0.4, 0.5) is 0 Å². The summed E-state index contributed by atoms with van der Waals surface area (Å²) in [5, 5.41) is 3.33. The van der Waals surface area contributed by atoms with Crippen molar-refractivity contribution in [2.75, 3.05) is 39.9 Å². The number of halogens is 1. The highest BCUT2D eigenvalue weighted by atomic mass is 127. The first-order valence-electron chi connectivity index (χ1n) is 8.31. The molecule has 1 rings (SSSR count). The van der Waals surface area contributed by atoms with Gasteiger partial charge in [0.1, 0.15) is 0 Å². The molecule has 1 aliphatic rings. The van der Waals surface area contributed by atoms with Gasteiger partial charge in [-0.05, 0) is 40.0 Å². The molecule has 0 spiro atoms. The lowest BCUT2D eigenvalue weighted by Crippen LogP contribution is -2.46. The summed E-state index contributed by atoms with van der Waals surface area (Å²) in [5.74, 6) is 0.881. The Bertz CT molecular complexity index is 356. The zero-order valence-electron chi connectivity index (χ0n) is 14.8. The maximum absolute atomic E-state index is 11.6. The minimum atomic E-state index is -0.0903. The van der Waals surface area contributed by atoms with Crippen molar-refractivity contribution < 1.29 is 14.3 Å². The van der Waals surface area contributed by atoms with Crippen LogP contribution in [-0.4, -0.2) is 62.8 Å². The number of carbonyl (C=O) groups excluding carboxylic acids is 1. The van der Waals surface area contributed by atoms with Gasteiger partial charge in [-0.3, -0.25) is 9.79 Å². The molecule has 0 aromatic rings. The molecular formula is C16H32IN3O3. The van der Waals surface area contributed by atoms with Crippen LogP contribution >= 0.6 is 24.0 Å². The molecule has 0 radical (unpaired) electrons. The largest absolute Gasteiger partial charge is 0.469 e. The standard InChI is InChI=1S/C16H31N3O3.HI/c1-5-17-16(18-9-6-12-22-13(2)3)19-10-7-14(8-11-19)15(20)21-4;/h13-14H,5-12H2,1-4H3,(H,17,18);1H. The Kier molecular flexibility index (Phi) is 12.5. The predicted octanol–water partition coefficient (Wildman–Crippen LogP) is 2.27. The highest BCUT2D eigenvalue weighted by Crippen LogP contribution is 2.18. The Hall–Kier alpha value is -0.570. The van der Waals surface area contributed by atoms with E-state index in [1.54, 1.807) is 0 Å². The van der Waals surface area contributed by atoms with E-state index in [9.17, 15) is 4.79 Å². The van der Waals surface area contributed by atoms with Crippen LogP contribution in [0, 0.1) is 5.92 Å². The Morgan fingerprint density at radius 3 is 2.52 bits per heavy atom. The lowest BCUT2D eigenvalue weighted by molar-refractivity contribution is -0.146. The maximum atomic E-state index is 11.6. The minimum Gasteiger partial charge on any atom is -0.469 e. The van der Waals surface area contributed by atoms with Crippen LogP contribution < -0.4 is 5.32 Å². The van der Waals surface area contributed by atoms with Crippen molar-refractivity contribution in [3.8, 4) is 0 Å². The van der Waals surface area contributed by atoms with Gasteiger partial charge < -0.3 is 19.7 Å². The van der Waals surface area contributed by atoms with Crippen molar-refractivity contribution in [2.24, 2.45) is 10.9 Å². The Balaban J connectivity index is 0.00000484. The van der Waals surface area contributed by atoms with Gasteiger partial charge in [0, 0.05) is 32.8 Å². The minimum absolute atomic E-state index is 0. The average molecular weight is 441 g/mol. The van der Waals surface area contributed by atoms with Crippen LogP contribution in [0.5, 0.6) is 0 Å². The number of nitrogens with zero attached hydrogens (tertiary/aromatic N) is 2. The van der Waals surface area contributed by atoms with Gasteiger partial charge >= 0.3 is 5.97 Å². The summed E-state index contributed by atoms with van der Waals surface area (Å²) < 4.78 is 10.4. The van der Waals surface area contributed by atoms with E-state index in [0.717, 1.165) is 58.0 Å². The summed E-state index contributed by atoms with van der Waals surface area (Å²) >= 11 is 0. The number of esters is 1. The van der Waals surface area contributed by atoms with Gasteiger partial charge in [0.15, 0.2) is 5.96 Å². The number of methoxy groups -OCH3 is 1. The van der Waals surface area contributed by atoms with Gasteiger partial charge in [-0.2, -0.15) is 0 Å². The number of likely N-dealkylation sites (tertiary alicyclic amines) is 1. The smallest absolute Gasteiger partial charge is 0.308 e. The fourth-order valence-corrected chi connectivity index (χ4v) is 2.49. The van der Waals surface area contributed by atoms with Gasteiger partial charge in [-0.15, -0.1) is 24.0 Å². The molecule has 136 valence electrons. The molecule has 6 nitrogen and oxygen atoms in total. The van der Waals surface area contributed by atoms with E-state index in [2.05, 4.69) is 22.1 Å². The quantitative estimate of drug-likeness (QED) is 0.216. The van der Waals surface area contributed by atoms with E-state index < -0.39 is 0 Å². The third-order valence-electron chi connectivity index (χ3n) is 3.68. The molecule has 0 aliphatic carbocycles. The van der Waals surface area contributed by atoms with E-state index in [0.29, 0.717) is 0 Å². The molecule has 7 heteroatoms. The molecular weight excluding hydrogens is 409 g/mol. The first-order valence-corrected chi connectivity index (χ1v) is 8.31. The summed E-state index contributed by atoms with van der Waals surface area (Å²) in [4.78, 5) is 18.5. The van der Waals surface area contributed by atoms with Crippen LogP contribution in [0.1, 0.15) is 40.0 Å².